The zero-order valence-electron chi connectivity index (χ0n) is 8.75. The summed E-state index contributed by atoms with van der Waals surface area (Å²) < 4.78 is 0. The van der Waals surface area contributed by atoms with E-state index in [0.717, 1.165) is 31.5 Å². The Labute approximate surface area is 89.7 Å². The van der Waals surface area contributed by atoms with E-state index in [2.05, 4.69) is 11.4 Å². The fourth-order valence-corrected chi connectivity index (χ4v) is 2.01. The van der Waals surface area contributed by atoms with Crippen LogP contribution in [0.3, 0.4) is 0 Å². The molecule has 1 aromatic rings. The van der Waals surface area contributed by atoms with Gasteiger partial charge in [0.1, 0.15) is 0 Å². The Morgan fingerprint density at radius 1 is 1.33 bits per heavy atom. The highest BCUT2D eigenvalue weighted by molar-refractivity contribution is 5.99. The maximum atomic E-state index is 11.3. The van der Waals surface area contributed by atoms with E-state index in [-0.39, 0.29) is 5.91 Å². The first-order valence-electron chi connectivity index (χ1n) is 5.42. The van der Waals surface area contributed by atoms with Gasteiger partial charge in [-0.25, -0.2) is 0 Å². The number of nitrogens with one attached hydrogen (secondary N) is 1. The Morgan fingerprint density at radius 3 is 3.00 bits per heavy atom. The first-order valence-corrected chi connectivity index (χ1v) is 5.42. The van der Waals surface area contributed by atoms with Gasteiger partial charge in [0.15, 0.2) is 0 Å². The minimum atomic E-state index is 0.108. The summed E-state index contributed by atoms with van der Waals surface area (Å²) in [6.07, 6.45) is 3.70. The number of anilines is 1. The second-order valence-corrected chi connectivity index (χ2v) is 3.91. The third kappa shape index (κ3) is 2.18. The molecule has 0 atom stereocenters. The molecule has 0 fully saturated rings. The van der Waals surface area contributed by atoms with Crippen LogP contribution < -0.4 is 11.1 Å². The van der Waals surface area contributed by atoms with Gasteiger partial charge in [-0.15, -0.1) is 0 Å². The monoisotopic (exact) mass is 204 g/mol. The number of amides is 1. The fraction of sp³-hybridized carbons (Fsp3) is 0.417. The van der Waals surface area contributed by atoms with Crippen molar-refractivity contribution in [3.8, 4) is 0 Å². The average molecular weight is 204 g/mol. The van der Waals surface area contributed by atoms with Crippen molar-refractivity contribution >= 4 is 11.6 Å². The zero-order valence-corrected chi connectivity index (χ0v) is 8.75. The molecule has 3 N–H and O–H groups in total. The summed E-state index contributed by atoms with van der Waals surface area (Å²) in [5.41, 5.74) is 8.92. The van der Waals surface area contributed by atoms with Gasteiger partial charge in [0, 0.05) is 5.69 Å². The molecule has 3 heteroatoms. The third-order valence-corrected chi connectivity index (χ3v) is 2.78. The molecule has 2 rings (SSSR count). The van der Waals surface area contributed by atoms with Gasteiger partial charge in [-0.05, 0) is 43.0 Å². The Kier molecular flexibility index (Phi) is 3.02. The number of aryl methyl sites for hydroxylation is 1. The van der Waals surface area contributed by atoms with E-state index in [9.17, 15) is 4.79 Å². The van der Waals surface area contributed by atoms with Gasteiger partial charge < -0.3 is 11.1 Å². The van der Waals surface area contributed by atoms with Crippen molar-refractivity contribution in [2.75, 3.05) is 11.9 Å². The highest BCUT2D eigenvalue weighted by Crippen LogP contribution is 2.27. The second kappa shape index (κ2) is 4.45. The quantitative estimate of drug-likeness (QED) is 0.729. The Morgan fingerprint density at radius 2 is 2.20 bits per heavy atom. The van der Waals surface area contributed by atoms with Crippen molar-refractivity contribution in [3.05, 3.63) is 29.3 Å². The van der Waals surface area contributed by atoms with E-state index in [1.54, 1.807) is 0 Å². The Balaban J connectivity index is 2.12. The van der Waals surface area contributed by atoms with Crippen molar-refractivity contribution in [2.45, 2.75) is 25.7 Å². The van der Waals surface area contributed by atoms with Crippen LogP contribution in [0, 0.1) is 0 Å². The lowest BCUT2D eigenvalue weighted by Crippen LogP contribution is -2.03. The van der Waals surface area contributed by atoms with E-state index in [0.29, 0.717) is 6.42 Å². The van der Waals surface area contributed by atoms with Gasteiger partial charge in [-0.1, -0.05) is 12.1 Å². The molecule has 1 aliphatic rings. The van der Waals surface area contributed by atoms with Crippen molar-refractivity contribution < 1.29 is 4.79 Å². The molecule has 0 spiro atoms. The van der Waals surface area contributed by atoms with Gasteiger partial charge in [0.25, 0.3) is 0 Å². The third-order valence-electron chi connectivity index (χ3n) is 2.78. The fourth-order valence-electron chi connectivity index (χ4n) is 2.01. The van der Waals surface area contributed by atoms with Crippen LogP contribution in [0.5, 0.6) is 0 Å². The zero-order chi connectivity index (χ0) is 10.7. The standard InChI is InChI=1S/C12H16N2O/c13-7-2-1-4-9-5-3-6-11-10(9)8-12(15)14-11/h3,5-6H,1-2,4,7-8,13H2,(H,14,15). The summed E-state index contributed by atoms with van der Waals surface area (Å²) >= 11 is 0. The van der Waals surface area contributed by atoms with E-state index < -0.39 is 0 Å². The maximum absolute atomic E-state index is 11.3. The number of benzene rings is 1. The molecule has 0 bridgehead atoms. The number of fused-ring (bicyclic) bond motifs is 1. The van der Waals surface area contributed by atoms with E-state index in [1.165, 1.54) is 11.1 Å². The first kappa shape index (κ1) is 10.2. The lowest BCUT2D eigenvalue weighted by molar-refractivity contribution is -0.115. The molecule has 1 heterocycles. The summed E-state index contributed by atoms with van der Waals surface area (Å²) in [5.74, 6) is 0.108. The normalized spacial score (nSPS) is 13.8. The first-order chi connectivity index (χ1) is 7.31. The summed E-state index contributed by atoms with van der Waals surface area (Å²) in [6.45, 7) is 0.742. The maximum Gasteiger partial charge on any atom is 0.228 e. The summed E-state index contributed by atoms with van der Waals surface area (Å²) in [6, 6.07) is 6.07. The van der Waals surface area contributed by atoms with Crippen LogP contribution >= 0.6 is 0 Å². The van der Waals surface area contributed by atoms with Crippen molar-refractivity contribution in [1.29, 1.82) is 0 Å². The number of hydrogen-bond acceptors (Lipinski definition) is 2. The van der Waals surface area contributed by atoms with E-state index >= 15 is 0 Å². The average Bonchev–Trinajstić information content (AvgIpc) is 2.59. The minimum absolute atomic E-state index is 0.108. The molecule has 1 amide bonds. The van der Waals surface area contributed by atoms with Gasteiger partial charge in [-0.2, -0.15) is 0 Å². The van der Waals surface area contributed by atoms with Crippen LogP contribution in [0.4, 0.5) is 5.69 Å². The summed E-state index contributed by atoms with van der Waals surface area (Å²) in [4.78, 5) is 11.3. The van der Waals surface area contributed by atoms with E-state index in [1.807, 2.05) is 12.1 Å². The molecule has 1 aliphatic heterocycles. The number of unbranched alkanes of at least 4 members (excludes halogenated alkanes) is 1. The molecular formula is C12H16N2O. The lowest BCUT2D eigenvalue weighted by Gasteiger charge is -2.06. The predicted octanol–water partition coefficient (Wildman–Crippen LogP) is 1.46. The highest BCUT2D eigenvalue weighted by atomic mass is 16.1. The summed E-state index contributed by atoms with van der Waals surface area (Å²) in [5, 5.41) is 2.86. The van der Waals surface area contributed by atoms with Crippen LogP contribution in [0.2, 0.25) is 0 Å². The number of hydrogen-bond donors (Lipinski definition) is 2. The van der Waals surface area contributed by atoms with Crippen LogP contribution in [0.1, 0.15) is 24.0 Å². The molecule has 80 valence electrons. The van der Waals surface area contributed by atoms with Crippen molar-refractivity contribution in [1.82, 2.24) is 0 Å². The number of carbonyl (C=O) groups excluding carboxylic acids is 1. The number of nitrogens with two attached hydrogens (primary N) is 1. The Hall–Kier alpha value is -1.35. The molecule has 1 aromatic carbocycles. The molecule has 3 nitrogen and oxygen atoms in total. The van der Waals surface area contributed by atoms with Gasteiger partial charge in [0.05, 0.1) is 6.42 Å². The number of rotatable bonds is 4. The molecule has 0 saturated heterocycles. The Bertz CT molecular complexity index is 374. The van der Waals surface area contributed by atoms with Crippen LogP contribution in [-0.2, 0) is 17.6 Å². The molecule has 0 radical (unpaired) electrons. The van der Waals surface area contributed by atoms with Gasteiger partial charge in [-0.3, -0.25) is 4.79 Å². The van der Waals surface area contributed by atoms with Crippen molar-refractivity contribution in [2.24, 2.45) is 5.73 Å². The van der Waals surface area contributed by atoms with Crippen LogP contribution in [0.25, 0.3) is 0 Å². The molecular weight excluding hydrogens is 188 g/mol. The molecule has 0 aromatic heterocycles. The molecule has 0 aliphatic carbocycles. The molecule has 15 heavy (non-hydrogen) atoms. The predicted molar refractivity (Wildman–Crippen MR) is 60.8 cm³/mol. The number of carbonyl (C=O) groups is 1. The van der Waals surface area contributed by atoms with Crippen LogP contribution in [0.15, 0.2) is 18.2 Å². The van der Waals surface area contributed by atoms with Gasteiger partial charge in [0.2, 0.25) is 5.91 Å². The largest absolute Gasteiger partial charge is 0.330 e. The highest BCUT2D eigenvalue weighted by Gasteiger charge is 2.19. The van der Waals surface area contributed by atoms with E-state index in [4.69, 9.17) is 5.73 Å². The van der Waals surface area contributed by atoms with Crippen LogP contribution in [-0.4, -0.2) is 12.5 Å². The SMILES string of the molecule is NCCCCc1cccc2c1CC(=O)N2. The second-order valence-electron chi connectivity index (χ2n) is 3.91. The van der Waals surface area contributed by atoms with Crippen molar-refractivity contribution in [3.63, 3.8) is 0 Å². The topological polar surface area (TPSA) is 55.1 Å². The molecule has 0 unspecified atom stereocenters. The lowest BCUT2D eigenvalue weighted by atomic mass is 10.00. The summed E-state index contributed by atoms with van der Waals surface area (Å²) in [7, 11) is 0. The minimum Gasteiger partial charge on any atom is -0.330 e. The molecule has 0 saturated carbocycles. The smallest absolute Gasteiger partial charge is 0.228 e. The van der Waals surface area contributed by atoms with Gasteiger partial charge >= 0.3 is 0 Å².